The summed E-state index contributed by atoms with van der Waals surface area (Å²) < 4.78 is 84.7. The first-order valence-corrected chi connectivity index (χ1v) is 9.66. The average Bonchev–Trinajstić information content (AvgIpc) is 3.30. The smallest absolute Gasteiger partial charge is 0.416 e. The molecule has 0 aliphatic rings. The van der Waals surface area contributed by atoms with Crippen molar-refractivity contribution in [3.63, 3.8) is 0 Å². The van der Waals surface area contributed by atoms with Crippen molar-refractivity contribution in [1.82, 2.24) is 9.78 Å². The number of aliphatic hydroxyl groups is 1. The van der Waals surface area contributed by atoms with Gasteiger partial charge < -0.3 is 14.8 Å². The summed E-state index contributed by atoms with van der Waals surface area (Å²) in [6, 6.07) is 8.94. The predicted molar refractivity (Wildman–Crippen MR) is 107 cm³/mol. The second-order valence-corrected chi connectivity index (χ2v) is 7.41. The zero-order chi connectivity index (χ0) is 24.0. The fourth-order valence-electron chi connectivity index (χ4n) is 3.44. The lowest BCUT2D eigenvalue weighted by atomic mass is 10.1. The van der Waals surface area contributed by atoms with Crippen molar-refractivity contribution in [2.45, 2.75) is 32.0 Å². The molecule has 4 aromatic rings. The van der Waals surface area contributed by atoms with Crippen LogP contribution in [-0.2, 0) is 18.9 Å². The largest absolute Gasteiger partial charge is 0.469 e. The third-order valence-corrected chi connectivity index (χ3v) is 5.16. The molecule has 2 aromatic heterocycles. The number of nitrogens with zero attached hydrogens (tertiary/aromatic N) is 2. The number of rotatable bonds is 5. The number of hydrogen-bond donors (Lipinski definition) is 2. The van der Waals surface area contributed by atoms with Gasteiger partial charge in [0.15, 0.2) is 12.0 Å². The van der Waals surface area contributed by atoms with E-state index < -0.39 is 29.7 Å². The van der Waals surface area contributed by atoms with Gasteiger partial charge >= 0.3 is 12.4 Å². The van der Waals surface area contributed by atoms with Gasteiger partial charge in [0.25, 0.3) is 0 Å². The van der Waals surface area contributed by atoms with Crippen molar-refractivity contribution in [2.75, 3.05) is 5.32 Å². The summed E-state index contributed by atoms with van der Waals surface area (Å²) in [5.41, 5.74) is -0.563. The second-order valence-electron chi connectivity index (χ2n) is 7.41. The molecule has 11 heteroatoms. The molecule has 2 aromatic carbocycles. The summed E-state index contributed by atoms with van der Waals surface area (Å²) >= 11 is 0. The lowest BCUT2D eigenvalue weighted by molar-refractivity contribution is -0.138. The molecule has 5 nitrogen and oxygen atoms in total. The maximum atomic E-state index is 13.3. The molecule has 0 saturated heterocycles. The Morgan fingerprint density at radius 2 is 1.61 bits per heavy atom. The Hall–Kier alpha value is -3.47. The Bertz CT molecular complexity index is 1270. The molecule has 0 aliphatic carbocycles. The van der Waals surface area contributed by atoms with Crippen LogP contribution in [-0.4, -0.2) is 14.9 Å². The first-order valence-electron chi connectivity index (χ1n) is 9.66. The topological polar surface area (TPSA) is 63.2 Å². The molecule has 0 fully saturated rings. The molecular formula is C22H17F6N3O2. The van der Waals surface area contributed by atoms with Crippen molar-refractivity contribution in [1.29, 1.82) is 0 Å². The van der Waals surface area contributed by atoms with Crippen LogP contribution in [0.3, 0.4) is 0 Å². The minimum absolute atomic E-state index is 0.00250. The minimum Gasteiger partial charge on any atom is -0.469 e. The van der Waals surface area contributed by atoms with Crippen LogP contribution in [0.4, 0.5) is 32.2 Å². The van der Waals surface area contributed by atoms with Crippen molar-refractivity contribution in [3.8, 4) is 0 Å². The molecule has 0 bridgehead atoms. The molecule has 1 atom stereocenters. The van der Waals surface area contributed by atoms with Crippen LogP contribution in [0.15, 0.2) is 59.2 Å². The summed E-state index contributed by atoms with van der Waals surface area (Å²) in [6.07, 6.45) is -9.03. The molecule has 0 saturated carbocycles. The molecule has 1 unspecified atom stereocenters. The van der Waals surface area contributed by atoms with Gasteiger partial charge in [0.05, 0.1) is 29.5 Å². The van der Waals surface area contributed by atoms with Crippen molar-refractivity contribution in [2.24, 2.45) is 0 Å². The lowest BCUT2D eigenvalue weighted by Gasteiger charge is -2.12. The van der Waals surface area contributed by atoms with Crippen LogP contribution in [0.5, 0.6) is 0 Å². The van der Waals surface area contributed by atoms with Crippen molar-refractivity contribution >= 4 is 16.7 Å². The van der Waals surface area contributed by atoms with E-state index in [1.165, 1.54) is 35.2 Å². The van der Waals surface area contributed by atoms with Gasteiger partial charge in [-0.25, -0.2) is 0 Å². The third-order valence-electron chi connectivity index (χ3n) is 5.16. The minimum atomic E-state index is -4.60. The first-order chi connectivity index (χ1) is 15.4. The number of furan rings is 1. The van der Waals surface area contributed by atoms with E-state index in [0.29, 0.717) is 22.4 Å². The highest BCUT2D eigenvalue weighted by atomic mass is 19.4. The predicted octanol–water partition coefficient (Wildman–Crippen LogP) is 6.13. The maximum absolute atomic E-state index is 13.3. The van der Waals surface area contributed by atoms with Gasteiger partial charge in [-0.1, -0.05) is 12.1 Å². The summed E-state index contributed by atoms with van der Waals surface area (Å²) in [4.78, 5) is 0. The number of benzene rings is 2. The Balaban J connectivity index is 1.73. The van der Waals surface area contributed by atoms with E-state index in [2.05, 4.69) is 10.4 Å². The van der Waals surface area contributed by atoms with Crippen LogP contribution in [0.25, 0.3) is 10.9 Å². The van der Waals surface area contributed by atoms with Gasteiger partial charge in [-0.3, -0.25) is 4.68 Å². The summed E-state index contributed by atoms with van der Waals surface area (Å²) in [5, 5.41) is 17.6. The SMILES string of the molecule is Cc1occc1C(O)Nc1nn(Cc2ccc(C(F)(F)F)cc2)c2ccc(C(F)(F)F)cc12. The number of fused-ring (bicyclic) bond motifs is 1. The molecule has 33 heavy (non-hydrogen) atoms. The van der Waals surface area contributed by atoms with Gasteiger partial charge in [0.2, 0.25) is 0 Å². The monoisotopic (exact) mass is 469 g/mol. The summed E-state index contributed by atoms with van der Waals surface area (Å²) in [7, 11) is 0. The molecule has 4 rings (SSSR count). The number of anilines is 1. The number of aliphatic hydroxyl groups excluding tert-OH is 1. The molecule has 2 heterocycles. The Labute approximate surface area is 183 Å². The molecule has 0 amide bonds. The van der Waals surface area contributed by atoms with Crippen molar-refractivity contribution in [3.05, 3.63) is 82.8 Å². The number of aryl methyl sites for hydroxylation is 1. The molecule has 0 radical (unpaired) electrons. The van der Waals surface area contributed by atoms with Crippen LogP contribution < -0.4 is 5.32 Å². The van der Waals surface area contributed by atoms with Crippen LogP contribution in [0.2, 0.25) is 0 Å². The third kappa shape index (κ3) is 4.68. The van der Waals surface area contributed by atoms with Gasteiger partial charge in [-0.15, -0.1) is 0 Å². The zero-order valence-corrected chi connectivity index (χ0v) is 17.0. The standard InChI is InChI=1S/C22H17F6N3O2/c1-12-16(8-9-33-12)20(32)29-19-17-10-15(22(26,27)28)6-7-18(17)31(30-19)11-13-2-4-14(5-3-13)21(23,24)25/h2-10,20,32H,11H2,1H3,(H,29,30). The van der Waals surface area contributed by atoms with Gasteiger partial charge in [-0.05, 0) is 48.9 Å². The fraction of sp³-hybridized carbons (Fsp3) is 0.227. The number of alkyl halides is 6. The fourth-order valence-corrected chi connectivity index (χ4v) is 3.44. The van der Waals surface area contributed by atoms with E-state index in [-0.39, 0.29) is 17.7 Å². The summed E-state index contributed by atoms with van der Waals surface area (Å²) in [5.74, 6) is 0.399. The number of hydrogen-bond acceptors (Lipinski definition) is 4. The van der Waals surface area contributed by atoms with Gasteiger partial charge in [-0.2, -0.15) is 31.4 Å². The average molecular weight is 469 g/mol. The summed E-state index contributed by atoms with van der Waals surface area (Å²) in [6.45, 7) is 1.62. The molecule has 0 spiro atoms. The van der Waals surface area contributed by atoms with E-state index in [0.717, 1.165) is 24.3 Å². The highest BCUT2D eigenvalue weighted by molar-refractivity contribution is 5.91. The van der Waals surface area contributed by atoms with E-state index in [1.807, 2.05) is 0 Å². The number of nitrogens with one attached hydrogen (secondary N) is 1. The van der Waals surface area contributed by atoms with Crippen LogP contribution in [0.1, 0.15) is 34.2 Å². The van der Waals surface area contributed by atoms with E-state index in [1.54, 1.807) is 6.92 Å². The van der Waals surface area contributed by atoms with E-state index in [9.17, 15) is 31.4 Å². The highest BCUT2D eigenvalue weighted by Gasteiger charge is 2.32. The lowest BCUT2D eigenvalue weighted by Crippen LogP contribution is -2.11. The van der Waals surface area contributed by atoms with Gasteiger partial charge in [0, 0.05) is 10.9 Å². The molecule has 2 N–H and O–H groups in total. The van der Waals surface area contributed by atoms with E-state index >= 15 is 0 Å². The maximum Gasteiger partial charge on any atom is 0.416 e. The Morgan fingerprint density at radius 3 is 2.18 bits per heavy atom. The number of halogens is 6. The Morgan fingerprint density at radius 1 is 0.970 bits per heavy atom. The molecular weight excluding hydrogens is 452 g/mol. The Kier molecular flexibility index (Phi) is 5.61. The van der Waals surface area contributed by atoms with Crippen LogP contribution >= 0.6 is 0 Å². The van der Waals surface area contributed by atoms with Crippen molar-refractivity contribution < 1.29 is 35.9 Å². The first kappa shape index (κ1) is 22.7. The molecule has 174 valence electrons. The highest BCUT2D eigenvalue weighted by Crippen LogP contribution is 2.35. The van der Waals surface area contributed by atoms with E-state index in [4.69, 9.17) is 4.42 Å². The normalized spacial score (nSPS) is 13.5. The number of aromatic nitrogens is 2. The zero-order valence-electron chi connectivity index (χ0n) is 17.0. The quantitative estimate of drug-likeness (QED) is 0.273. The van der Waals surface area contributed by atoms with Gasteiger partial charge in [0.1, 0.15) is 5.76 Å². The molecule has 0 aliphatic heterocycles. The van der Waals surface area contributed by atoms with Crippen LogP contribution in [0, 0.1) is 6.92 Å². The second kappa shape index (κ2) is 8.14.